The molecule has 9 heteroatoms. The predicted octanol–water partition coefficient (Wildman–Crippen LogP) is -1.07. The molecule has 0 saturated carbocycles. The van der Waals surface area contributed by atoms with Gasteiger partial charge in [0.15, 0.2) is 0 Å². The third-order valence-electron chi connectivity index (χ3n) is 1.33. The molecule has 0 heterocycles. The van der Waals surface area contributed by atoms with E-state index in [0.29, 0.717) is 11.8 Å². The van der Waals surface area contributed by atoms with Crippen LogP contribution in [-0.2, 0) is 19.3 Å². The Morgan fingerprint density at radius 1 is 0.947 bits per heavy atom. The molecule has 0 fully saturated rings. The molecule has 0 aromatic heterocycles. The maximum Gasteiger partial charge on any atom is 0.303 e. The number of aliphatic hydroxyl groups excluding tert-OH is 3. The van der Waals surface area contributed by atoms with E-state index in [9.17, 15) is 4.79 Å². The van der Waals surface area contributed by atoms with Crippen molar-refractivity contribution in [3.63, 3.8) is 0 Å². The molecule has 0 saturated heterocycles. The van der Waals surface area contributed by atoms with Crippen molar-refractivity contribution in [1.82, 2.24) is 5.39 Å². The Morgan fingerprint density at radius 3 is 1.47 bits per heavy atom. The second-order valence-corrected chi connectivity index (χ2v) is 3.04. The largest absolute Gasteiger partial charge is 0.481 e. The smallest absolute Gasteiger partial charge is 0.303 e. The van der Waals surface area contributed by atoms with E-state index in [2.05, 4.69) is 0 Å². The van der Waals surface area contributed by atoms with Crippen LogP contribution in [0.2, 0.25) is 0 Å². The van der Waals surface area contributed by atoms with Crippen molar-refractivity contribution in [3.8, 4) is 0 Å². The summed E-state index contributed by atoms with van der Waals surface area (Å²) < 4.78 is 0. The molecule has 0 aromatic carbocycles. The molecule has 9 nitrogen and oxygen atoms in total. The van der Waals surface area contributed by atoms with Gasteiger partial charge in [0.2, 0.25) is 0 Å². The van der Waals surface area contributed by atoms with E-state index in [1.54, 1.807) is 0 Å². The van der Waals surface area contributed by atoms with Crippen molar-refractivity contribution in [2.75, 3.05) is 39.6 Å². The molecule has 0 spiro atoms. The summed E-state index contributed by atoms with van der Waals surface area (Å²) in [5.41, 5.74) is 0. The monoisotopic (exact) mass is 285 g/mol. The van der Waals surface area contributed by atoms with Crippen LogP contribution < -0.4 is 0 Å². The van der Waals surface area contributed by atoms with Crippen molar-refractivity contribution in [1.29, 1.82) is 0 Å². The average molecular weight is 285 g/mol. The van der Waals surface area contributed by atoms with Crippen LogP contribution >= 0.6 is 0 Å². The molecule has 0 radical (unpaired) electrons. The summed E-state index contributed by atoms with van der Waals surface area (Å²) in [7, 11) is 0. The molecule has 0 rings (SSSR count). The van der Waals surface area contributed by atoms with Gasteiger partial charge in [-0.25, -0.2) is 14.5 Å². The van der Waals surface area contributed by atoms with E-state index in [1.165, 1.54) is 0 Å². The SMILES string of the molecule is CCCC(=O)O.OCCON(OCCO)OCCO. The molecule has 0 aromatic rings. The van der Waals surface area contributed by atoms with Crippen LogP contribution in [0.5, 0.6) is 0 Å². The normalized spacial score (nSPS) is 10.2. The fourth-order valence-electron chi connectivity index (χ4n) is 0.672. The number of carboxylic acids is 1. The molecule has 116 valence electrons. The van der Waals surface area contributed by atoms with E-state index in [-0.39, 0.29) is 39.6 Å². The molecule has 0 bridgehead atoms. The zero-order valence-electron chi connectivity index (χ0n) is 11.0. The standard InChI is InChI=1S/C6H15NO6.C4H8O2/c8-1-4-11-7(12-5-2-9)13-6-3-10;1-2-3-4(5)6/h8-10H,1-6H2;2-3H2,1H3,(H,5,6). The number of carboxylic acid groups (broad SMARTS) is 1. The average Bonchev–Trinajstić information content (AvgIpc) is 2.38. The quantitative estimate of drug-likeness (QED) is 0.351. The Bertz CT molecular complexity index is 173. The van der Waals surface area contributed by atoms with Gasteiger partial charge in [-0.15, -0.1) is 0 Å². The van der Waals surface area contributed by atoms with Gasteiger partial charge in [0.25, 0.3) is 0 Å². The number of aliphatic carboxylic acids is 1. The number of nitrogens with zero attached hydrogens (tertiary/aromatic N) is 1. The Kier molecular flexibility index (Phi) is 18.6. The van der Waals surface area contributed by atoms with Crippen LogP contribution in [0.1, 0.15) is 19.8 Å². The van der Waals surface area contributed by atoms with Crippen LogP contribution in [-0.4, -0.2) is 71.4 Å². The third-order valence-corrected chi connectivity index (χ3v) is 1.33. The van der Waals surface area contributed by atoms with Gasteiger partial charge in [0.1, 0.15) is 0 Å². The highest BCUT2D eigenvalue weighted by atomic mass is 17.2. The topological polar surface area (TPSA) is 129 Å². The number of carbonyl (C=O) groups is 1. The lowest BCUT2D eigenvalue weighted by Gasteiger charge is -2.17. The van der Waals surface area contributed by atoms with Gasteiger partial charge in [-0.1, -0.05) is 6.92 Å². The predicted molar refractivity (Wildman–Crippen MR) is 63.5 cm³/mol. The minimum Gasteiger partial charge on any atom is -0.481 e. The molecule has 0 aliphatic carbocycles. The molecule has 0 amide bonds. The van der Waals surface area contributed by atoms with Crippen molar-refractivity contribution in [2.45, 2.75) is 19.8 Å². The van der Waals surface area contributed by atoms with Gasteiger partial charge in [0, 0.05) is 6.42 Å². The molecule has 0 atom stereocenters. The van der Waals surface area contributed by atoms with Crippen molar-refractivity contribution < 1.29 is 39.7 Å². The second kappa shape index (κ2) is 17.2. The summed E-state index contributed by atoms with van der Waals surface area (Å²) in [5, 5.41) is 33.8. The fraction of sp³-hybridized carbons (Fsp3) is 0.900. The molecule has 0 aliphatic heterocycles. The summed E-state index contributed by atoms with van der Waals surface area (Å²) in [4.78, 5) is 23.7. The number of aliphatic hydroxyl groups is 3. The van der Waals surface area contributed by atoms with Gasteiger partial charge in [-0.2, -0.15) is 0 Å². The number of hydrogen-bond acceptors (Lipinski definition) is 8. The first kappa shape index (κ1) is 20.5. The first-order valence-electron chi connectivity index (χ1n) is 5.85. The Labute approximate surface area is 111 Å². The molecular weight excluding hydrogens is 262 g/mol. The first-order chi connectivity index (χ1) is 9.12. The zero-order valence-corrected chi connectivity index (χ0v) is 11.0. The lowest BCUT2D eigenvalue weighted by Crippen LogP contribution is -2.28. The van der Waals surface area contributed by atoms with Gasteiger partial charge >= 0.3 is 5.97 Å². The fourth-order valence-corrected chi connectivity index (χ4v) is 0.672. The molecular formula is C10H23NO8. The van der Waals surface area contributed by atoms with E-state index in [4.69, 9.17) is 34.9 Å². The van der Waals surface area contributed by atoms with Crippen LogP contribution in [0, 0.1) is 0 Å². The minimum absolute atomic E-state index is 0.0108. The highest BCUT2D eigenvalue weighted by molar-refractivity contribution is 5.66. The van der Waals surface area contributed by atoms with Crippen LogP contribution in [0.25, 0.3) is 0 Å². The van der Waals surface area contributed by atoms with Gasteiger partial charge in [-0.05, 0) is 6.42 Å². The Hall–Kier alpha value is -0.810. The maximum absolute atomic E-state index is 9.60. The number of hydrogen-bond donors (Lipinski definition) is 4. The minimum atomic E-state index is -0.711. The first-order valence-corrected chi connectivity index (χ1v) is 5.85. The van der Waals surface area contributed by atoms with E-state index in [1.807, 2.05) is 6.92 Å². The van der Waals surface area contributed by atoms with Crippen molar-refractivity contribution in [2.24, 2.45) is 0 Å². The summed E-state index contributed by atoms with van der Waals surface area (Å²) in [6.45, 7) is 1.34. The summed E-state index contributed by atoms with van der Waals surface area (Å²) in [6.07, 6.45) is 1.02. The highest BCUT2D eigenvalue weighted by Gasteiger charge is 2.05. The number of rotatable bonds is 11. The maximum atomic E-state index is 9.60. The molecule has 4 N–H and O–H groups in total. The highest BCUT2D eigenvalue weighted by Crippen LogP contribution is 1.93. The summed E-state index contributed by atoms with van der Waals surface area (Å²) in [5.74, 6) is -0.711. The Balaban J connectivity index is 0. The van der Waals surface area contributed by atoms with Crippen LogP contribution in [0.15, 0.2) is 0 Å². The van der Waals surface area contributed by atoms with Crippen molar-refractivity contribution >= 4 is 5.97 Å². The van der Waals surface area contributed by atoms with Crippen molar-refractivity contribution in [3.05, 3.63) is 0 Å². The van der Waals surface area contributed by atoms with Gasteiger partial charge in [-0.3, -0.25) is 4.79 Å². The molecule has 19 heavy (non-hydrogen) atoms. The van der Waals surface area contributed by atoms with E-state index >= 15 is 0 Å². The van der Waals surface area contributed by atoms with E-state index in [0.717, 1.165) is 6.42 Å². The Morgan fingerprint density at radius 2 is 1.32 bits per heavy atom. The van der Waals surface area contributed by atoms with Gasteiger partial charge < -0.3 is 20.4 Å². The molecule has 0 aliphatic rings. The van der Waals surface area contributed by atoms with Gasteiger partial charge in [0.05, 0.1) is 45.0 Å². The van der Waals surface area contributed by atoms with E-state index < -0.39 is 5.97 Å². The third kappa shape index (κ3) is 19.7. The lowest BCUT2D eigenvalue weighted by atomic mass is 10.4. The lowest BCUT2D eigenvalue weighted by molar-refractivity contribution is -0.527. The van der Waals surface area contributed by atoms with Crippen LogP contribution in [0.3, 0.4) is 0 Å². The molecule has 0 unspecified atom stereocenters. The summed E-state index contributed by atoms with van der Waals surface area (Å²) in [6, 6.07) is 0. The van der Waals surface area contributed by atoms with Crippen LogP contribution in [0.4, 0.5) is 0 Å². The zero-order chi connectivity index (χ0) is 14.9. The second-order valence-electron chi connectivity index (χ2n) is 3.04. The summed E-state index contributed by atoms with van der Waals surface area (Å²) >= 11 is 0.